The zero-order valence-corrected chi connectivity index (χ0v) is 9.57. The number of nitrogens with two attached hydrogens (primary N) is 1. The first-order chi connectivity index (χ1) is 8.29. The van der Waals surface area contributed by atoms with E-state index in [9.17, 15) is 4.79 Å². The minimum absolute atomic E-state index is 0.0826. The van der Waals surface area contributed by atoms with Gasteiger partial charge in [-0.3, -0.25) is 9.78 Å². The van der Waals surface area contributed by atoms with E-state index in [1.165, 1.54) is 12.8 Å². The molecule has 4 nitrogen and oxygen atoms in total. The highest BCUT2D eigenvalue weighted by Gasteiger charge is 2.21. The van der Waals surface area contributed by atoms with E-state index < -0.39 is 0 Å². The molecule has 88 valence electrons. The maximum absolute atomic E-state index is 11.8. The van der Waals surface area contributed by atoms with Crippen LogP contribution in [0.5, 0.6) is 0 Å². The van der Waals surface area contributed by atoms with Crippen molar-refractivity contribution in [3.05, 3.63) is 29.6 Å². The molecule has 0 unspecified atom stereocenters. The number of rotatable bonds is 3. The van der Waals surface area contributed by atoms with E-state index in [0.717, 1.165) is 12.1 Å². The van der Waals surface area contributed by atoms with E-state index in [4.69, 9.17) is 5.73 Å². The molecule has 0 bridgehead atoms. The second-order valence-corrected chi connectivity index (χ2v) is 4.12. The number of hydrogen-bond donors (Lipinski definition) is 2. The van der Waals surface area contributed by atoms with Gasteiger partial charge in [0.25, 0.3) is 5.91 Å². The molecule has 1 aliphatic rings. The molecule has 1 saturated carbocycles. The van der Waals surface area contributed by atoms with Crippen molar-refractivity contribution in [2.75, 3.05) is 13.1 Å². The van der Waals surface area contributed by atoms with Crippen LogP contribution in [0, 0.1) is 17.8 Å². The topological polar surface area (TPSA) is 68.0 Å². The SMILES string of the molecule is NCC#Cc1cncc(C(=O)NCC2CC2)c1. The number of nitrogens with one attached hydrogen (secondary N) is 1. The molecule has 4 heteroatoms. The van der Waals surface area contributed by atoms with Gasteiger partial charge in [0.2, 0.25) is 0 Å². The Morgan fingerprint density at radius 1 is 1.53 bits per heavy atom. The fraction of sp³-hybridized carbons (Fsp3) is 0.385. The first kappa shape index (κ1) is 11.6. The number of hydrogen-bond acceptors (Lipinski definition) is 3. The van der Waals surface area contributed by atoms with Crippen molar-refractivity contribution in [1.29, 1.82) is 0 Å². The van der Waals surface area contributed by atoms with Gasteiger partial charge in [-0.2, -0.15) is 0 Å². The number of pyridine rings is 1. The predicted molar refractivity (Wildman–Crippen MR) is 65.2 cm³/mol. The lowest BCUT2D eigenvalue weighted by Crippen LogP contribution is -2.25. The first-order valence-corrected chi connectivity index (χ1v) is 5.72. The van der Waals surface area contributed by atoms with Crippen molar-refractivity contribution in [1.82, 2.24) is 10.3 Å². The quantitative estimate of drug-likeness (QED) is 0.743. The molecule has 2 rings (SSSR count). The van der Waals surface area contributed by atoms with Crippen molar-refractivity contribution >= 4 is 5.91 Å². The molecule has 1 heterocycles. The molecular formula is C13H15N3O. The Morgan fingerprint density at radius 3 is 3.06 bits per heavy atom. The van der Waals surface area contributed by atoms with Crippen molar-refractivity contribution in [2.24, 2.45) is 11.7 Å². The van der Waals surface area contributed by atoms with E-state index in [-0.39, 0.29) is 5.91 Å². The summed E-state index contributed by atoms with van der Waals surface area (Å²) in [7, 11) is 0. The molecule has 1 amide bonds. The van der Waals surface area contributed by atoms with Crippen LogP contribution in [0.25, 0.3) is 0 Å². The maximum atomic E-state index is 11.8. The van der Waals surface area contributed by atoms with Crippen LogP contribution in [0.2, 0.25) is 0 Å². The highest BCUT2D eigenvalue weighted by atomic mass is 16.1. The van der Waals surface area contributed by atoms with Crippen LogP contribution in [-0.2, 0) is 0 Å². The molecule has 1 aromatic heterocycles. The summed E-state index contributed by atoms with van der Waals surface area (Å²) in [6.45, 7) is 1.07. The number of aromatic nitrogens is 1. The molecule has 1 aromatic rings. The van der Waals surface area contributed by atoms with Gasteiger partial charge in [-0.15, -0.1) is 0 Å². The van der Waals surface area contributed by atoms with Gasteiger partial charge in [0.05, 0.1) is 12.1 Å². The third-order valence-electron chi connectivity index (χ3n) is 2.58. The van der Waals surface area contributed by atoms with Gasteiger partial charge in [0.15, 0.2) is 0 Å². The van der Waals surface area contributed by atoms with Crippen molar-refractivity contribution in [3.63, 3.8) is 0 Å². The monoisotopic (exact) mass is 229 g/mol. The predicted octanol–water partition coefficient (Wildman–Crippen LogP) is 0.532. The summed E-state index contributed by atoms with van der Waals surface area (Å²) in [5.41, 5.74) is 6.56. The van der Waals surface area contributed by atoms with Gasteiger partial charge in [-0.05, 0) is 24.8 Å². The summed E-state index contributed by atoms with van der Waals surface area (Å²) in [5.74, 6) is 6.19. The largest absolute Gasteiger partial charge is 0.352 e. The zero-order chi connectivity index (χ0) is 12.1. The molecule has 3 N–H and O–H groups in total. The number of nitrogens with zero attached hydrogens (tertiary/aromatic N) is 1. The smallest absolute Gasteiger partial charge is 0.252 e. The summed E-state index contributed by atoms with van der Waals surface area (Å²) in [4.78, 5) is 15.8. The molecule has 0 radical (unpaired) electrons. The molecular weight excluding hydrogens is 214 g/mol. The third-order valence-corrected chi connectivity index (χ3v) is 2.58. The van der Waals surface area contributed by atoms with Crippen LogP contribution in [-0.4, -0.2) is 24.0 Å². The van der Waals surface area contributed by atoms with Gasteiger partial charge < -0.3 is 11.1 Å². The second-order valence-electron chi connectivity index (χ2n) is 4.12. The lowest BCUT2D eigenvalue weighted by Gasteiger charge is -2.03. The maximum Gasteiger partial charge on any atom is 0.252 e. The number of carbonyl (C=O) groups is 1. The van der Waals surface area contributed by atoms with Crippen LogP contribution in [0.1, 0.15) is 28.8 Å². The molecule has 1 fully saturated rings. The Kier molecular flexibility index (Phi) is 3.73. The Balaban J connectivity index is 2.00. The molecule has 0 aromatic carbocycles. The Bertz CT molecular complexity index is 469. The lowest BCUT2D eigenvalue weighted by molar-refractivity contribution is 0.0951. The van der Waals surface area contributed by atoms with E-state index in [1.807, 2.05) is 0 Å². The van der Waals surface area contributed by atoms with Crippen LogP contribution >= 0.6 is 0 Å². The summed E-state index contributed by atoms with van der Waals surface area (Å²) in [6.07, 6.45) is 5.62. The Morgan fingerprint density at radius 2 is 2.35 bits per heavy atom. The Labute approximate surface area is 101 Å². The lowest BCUT2D eigenvalue weighted by atomic mass is 10.2. The van der Waals surface area contributed by atoms with Crippen molar-refractivity contribution < 1.29 is 4.79 Å². The first-order valence-electron chi connectivity index (χ1n) is 5.72. The summed E-state index contributed by atoms with van der Waals surface area (Å²) in [6, 6.07) is 1.73. The normalized spacial score (nSPS) is 13.7. The summed E-state index contributed by atoms with van der Waals surface area (Å²) in [5, 5.41) is 2.89. The Hall–Kier alpha value is -1.86. The number of carbonyl (C=O) groups excluding carboxylic acids is 1. The van der Waals surface area contributed by atoms with Crippen LogP contribution in [0.4, 0.5) is 0 Å². The van der Waals surface area contributed by atoms with E-state index in [2.05, 4.69) is 22.1 Å². The fourth-order valence-electron chi connectivity index (χ4n) is 1.45. The molecule has 0 aliphatic heterocycles. The molecule has 0 saturated heterocycles. The van der Waals surface area contributed by atoms with Crippen LogP contribution in [0.15, 0.2) is 18.5 Å². The molecule has 17 heavy (non-hydrogen) atoms. The average molecular weight is 229 g/mol. The zero-order valence-electron chi connectivity index (χ0n) is 9.57. The van der Waals surface area contributed by atoms with Crippen LogP contribution in [0.3, 0.4) is 0 Å². The van der Waals surface area contributed by atoms with E-state index in [1.54, 1.807) is 18.5 Å². The minimum Gasteiger partial charge on any atom is -0.352 e. The van der Waals surface area contributed by atoms with Gasteiger partial charge >= 0.3 is 0 Å². The van der Waals surface area contributed by atoms with E-state index in [0.29, 0.717) is 18.0 Å². The number of amides is 1. The molecule has 0 atom stereocenters. The second kappa shape index (κ2) is 5.46. The van der Waals surface area contributed by atoms with Gasteiger partial charge in [0, 0.05) is 24.5 Å². The van der Waals surface area contributed by atoms with Gasteiger partial charge in [-0.25, -0.2) is 0 Å². The van der Waals surface area contributed by atoms with Crippen molar-refractivity contribution in [2.45, 2.75) is 12.8 Å². The van der Waals surface area contributed by atoms with Crippen molar-refractivity contribution in [3.8, 4) is 11.8 Å². The fourth-order valence-corrected chi connectivity index (χ4v) is 1.45. The van der Waals surface area contributed by atoms with Gasteiger partial charge in [0.1, 0.15) is 0 Å². The van der Waals surface area contributed by atoms with E-state index >= 15 is 0 Å². The minimum atomic E-state index is -0.0826. The standard InChI is InChI=1S/C13H15N3O/c14-5-1-2-11-6-12(9-15-7-11)13(17)16-8-10-3-4-10/h6-7,9-10H,3-5,8,14H2,(H,16,17). The average Bonchev–Trinajstić information content (AvgIpc) is 3.18. The summed E-state index contributed by atoms with van der Waals surface area (Å²) >= 11 is 0. The van der Waals surface area contributed by atoms with Gasteiger partial charge in [-0.1, -0.05) is 11.8 Å². The highest BCUT2D eigenvalue weighted by Crippen LogP contribution is 2.27. The molecule has 0 spiro atoms. The third kappa shape index (κ3) is 3.58. The molecule has 1 aliphatic carbocycles. The van der Waals surface area contributed by atoms with Crippen LogP contribution < -0.4 is 11.1 Å². The summed E-state index contributed by atoms with van der Waals surface area (Å²) < 4.78 is 0. The highest BCUT2D eigenvalue weighted by molar-refractivity contribution is 5.94.